The van der Waals surface area contributed by atoms with Crippen molar-refractivity contribution in [2.75, 3.05) is 13.6 Å². The molecular weight excluding hydrogens is 280 g/mol. The maximum Gasteiger partial charge on any atom is 0.0768 e. The highest BCUT2D eigenvalue weighted by Crippen LogP contribution is 2.19. The average molecular weight is 303 g/mol. The lowest BCUT2D eigenvalue weighted by Gasteiger charge is -2.30. The summed E-state index contributed by atoms with van der Waals surface area (Å²) < 4.78 is 3.21. The Morgan fingerprint density at radius 1 is 1.41 bits per heavy atom. The molecule has 0 bridgehead atoms. The SMILES string of the molecule is CCC(O)(CC)CN(C)Cc1cc(Br)cn1C. The molecule has 0 atom stereocenters. The summed E-state index contributed by atoms with van der Waals surface area (Å²) in [5, 5.41) is 10.3. The Bertz CT molecular complexity index is 358. The van der Waals surface area contributed by atoms with Crippen LogP contribution in [0.1, 0.15) is 32.4 Å². The predicted molar refractivity (Wildman–Crippen MR) is 75.0 cm³/mol. The lowest BCUT2D eigenvalue weighted by Crippen LogP contribution is -2.40. The number of hydrogen-bond acceptors (Lipinski definition) is 2. The van der Waals surface area contributed by atoms with Crippen LogP contribution in [0.4, 0.5) is 0 Å². The van der Waals surface area contributed by atoms with Gasteiger partial charge in [-0.25, -0.2) is 0 Å². The van der Waals surface area contributed by atoms with Gasteiger partial charge in [0, 0.05) is 36.5 Å². The highest BCUT2D eigenvalue weighted by Gasteiger charge is 2.24. The van der Waals surface area contributed by atoms with Crippen LogP contribution in [0.5, 0.6) is 0 Å². The van der Waals surface area contributed by atoms with E-state index in [4.69, 9.17) is 0 Å². The van der Waals surface area contributed by atoms with Crippen LogP contribution >= 0.6 is 15.9 Å². The van der Waals surface area contributed by atoms with Crippen LogP contribution in [0.3, 0.4) is 0 Å². The number of aromatic nitrogens is 1. The molecule has 1 heterocycles. The van der Waals surface area contributed by atoms with Gasteiger partial charge in [0.15, 0.2) is 0 Å². The third-order valence-corrected chi connectivity index (χ3v) is 3.82. The Labute approximate surface area is 113 Å². The summed E-state index contributed by atoms with van der Waals surface area (Å²) in [6, 6.07) is 2.12. The number of rotatable bonds is 6. The van der Waals surface area contributed by atoms with Gasteiger partial charge in [0.05, 0.1) is 5.60 Å². The Morgan fingerprint density at radius 3 is 2.41 bits per heavy atom. The van der Waals surface area contributed by atoms with E-state index < -0.39 is 5.60 Å². The smallest absolute Gasteiger partial charge is 0.0768 e. The van der Waals surface area contributed by atoms with Crippen molar-refractivity contribution in [1.82, 2.24) is 9.47 Å². The summed E-state index contributed by atoms with van der Waals surface area (Å²) in [5.74, 6) is 0. The molecule has 0 saturated heterocycles. The molecule has 0 aliphatic heterocycles. The molecule has 0 unspecified atom stereocenters. The molecule has 1 N–H and O–H groups in total. The second-order valence-corrected chi connectivity index (χ2v) is 5.78. The van der Waals surface area contributed by atoms with Crippen LogP contribution in [0.15, 0.2) is 16.7 Å². The van der Waals surface area contributed by atoms with E-state index in [1.54, 1.807) is 0 Å². The summed E-state index contributed by atoms with van der Waals surface area (Å²) >= 11 is 3.47. The third-order valence-electron chi connectivity index (χ3n) is 3.39. The monoisotopic (exact) mass is 302 g/mol. The van der Waals surface area contributed by atoms with E-state index in [9.17, 15) is 5.11 Å². The number of hydrogen-bond donors (Lipinski definition) is 1. The zero-order valence-electron chi connectivity index (χ0n) is 11.2. The fourth-order valence-electron chi connectivity index (χ4n) is 2.03. The van der Waals surface area contributed by atoms with Crippen LogP contribution in [-0.2, 0) is 13.6 Å². The van der Waals surface area contributed by atoms with Crippen LogP contribution in [-0.4, -0.2) is 33.8 Å². The van der Waals surface area contributed by atoms with Gasteiger partial charge >= 0.3 is 0 Å². The minimum absolute atomic E-state index is 0.558. The van der Waals surface area contributed by atoms with Crippen LogP contribution in [0, 0.1) is 0 Å². The Kier molecular flexibility index (Phi) is 5.22. The number of halogens is 1. The van der Waals surface area contributed by atoms with Crippen LogP contribution in [0.2, 0.25) is 0 Å². The first-order chi connectivity index (χ1) is 7.90. The average Bonchev–Trinajstić information content (AvgIpc) is 2.57. The fraction of sp³-hybridized carbons (Fsp3) is 0.692. The van der Waals surface area contributed by atoms with E-state index in [1.807, 2.05) is 20.9 Å². The first kappa shape index (κ1) is 14.7. The molecular formula is C13H23BrN2O. The molecule has 98 valence electrons. The van der Waals surface area contributed by atoms with Gasteiger partial charge in [-0.15, -0.1) is 0 Å². The molecule has 0 aromatic carbocycles. The number of aryl methyl sites for hydroxylation is 1. The first-order valence-corrected chi connectivity index (χ1v) is 6.91. The molecule has 0 saturated carbocycles. The molecule has 1 aromatic rings. The standard InChI is InChI=1S/C13H23BrN2O/c1-5-13(17,6-2)10-15(3)9-12-7-11(14)8-16(12)4/h7-8,17H,5-6,9-10H2,1-4H3. The Hall–Kier alpha value is -0.320. The fourth-order valence-corrected chi connectivity index (χ4v) is 2.60. The topological polar surface area (TPSA) is 28.4 Å². The minimum atomic E-state index is -0.558. The van der Waals surface area contributed by atoms with E-state index in [0.29, 0.717) is 6.54 Å². The number of likely N-dealkylation sites (N-methyl/N-ethyl adjacent to an activating group) is 1. The van der Waals surface area contributed by atoms with Gasteiger partial charge in [0.1, 0.15) is 0 Å². The van der Waals surface area contributed by atoms with Crippen LogP contribution in [0.25, 0.3) is 0 Å². The highest BCUT2D eigenvalue weighted by atomic mass is 79.9. The van der Waals surface area contributed by atoms with Crippen molar-refractivity contribution in [3.05, 3.63) is 22.4 Å². The van der Waals surface area contributed by atoms with E-state index in [0.717, 1.165) is 23.9 Å². The summed E-state index contributed by atoms with van der Waals surface area (Å²) in [6.45, 7) is 5.64. The lowest BCUT2D eigenvalue weighted by molar-refractivity contribution is 0.000910. The highest BCUT2D eigenvalue weighted by molar-refractivity contribution is 9.10. The molecule has 3 nitrogen and oxygen atoms in total. The van der Waals surface area contributed by atoms with Crippen molar-refractivity contribution in [2.24, 2.45) is 7.05 Å². The molecule has 1 rings (SSSR count). The van der Waals surface area contributed by atoms with Crippen molar-refractivity contribution >= 4 is 15.9 Å². The summed E-state index contributed by atoms with van der Waals surface area (Å²) in [5.41, 5.74) is 0.686. The van der Waals surface area contributed by atoms with Gasteiger partial charge in [-0.1, -0.05) is 13.8 Å². The number of nitrogens with zero attached hydrogens (tertiary/aromatic N) is 2. The van der Waals surface area contributed by atoms with E-state index in [2.05, 4.69) is 44.7 Å². The zero-order valence-corrected chi connectivity index (χ0v) is 12.8. The molecule has 1 aromatic heterocycles. The normalized spacial score (nSPS) is 12.4. The quantitative estimate of drug-likeness (QED) is 0.875. The second kappa shape index (κ2) is 6.03. The third kappa shape index (κ3) is 4.12. The van der Waals surface area contributed by atoms with Gasteiger partial charge < -0.3 is 9.67 Å². The van der Waals surface area contributed by atoms with E-state index >= 15 is 0 Å². The van der Waals surface area contributed by atoms with Crippen LogP contribution < -0.4 is 0 Å². The van der Waals surface area contributed by atoms with Crippen molar-refractivity contribution in [3.63, 3.8) is 0 Å². The van der Waals surface area contributed by atoms with Crippen molar-refractivity contribution in [1.29, 1.82) is 0 Å². The predicted octanol–water partition coefficient (Wildman–Crippen LogP) is 2.77. The van der Waals surface area contributed by atoms with Crippen molar-refractivity contribution in [3.8, 4) is 0 Å². The Morgan fingerprint density at radius 2 is 2.00 bits per heavy atom. The van der Waals surface area contributed by atoms with Gasteiger partial charge in [0.25, 0.3) is 0 Å². The first-order valence-electron chi connectivity index (χ1n) is 6.12. The summed E-state index contributed by atoms with van der Waals surface area (Å²) in [4.78, 5) is 2.18. The molecule has 4 heteroatoms. The summed E-state index contributed by atoms with van der Waals surface area (Å²) in [7, 11) is 4.09. The van der Waals surface area contributed by atoms with Gasteiger partial charge in [0.2, 0.25) is 0 Å². The summed E-state index contributed by atoms with van der Waals surface area (Å²) in [6.07, 6.45) is 3.64. The van der Waals surface area contributed by atoms with Crippen molar-refractivity contribution in [2.45, 2.75) is 38.8 Å². The van der Waals surface area contributed by atoms with Gasteiger partial charge in [-0.05, 0) is 41.9 Å². The Balaban J connectivity index is 2.61. The molecule has 0 amide bonds. The van der Waals surface area contributed by atoms with Crippen molar-refractivity contribution < 1.29 is 5.11 Å². The molecule has 0 spiro atoms. The van der Waals surface area contributed by atoms with E-state index in [1.165, 1.54) is 5.69 Å². The van der Waals surface area contributed by atoms with Gasteiger partial charge in [-0.3, -0.25) is 4.90 Å². The molecule has 17 heavy (non-hydrogen) atoms. The minimum Gasteiger partial charge on any atom is -0.389 e. The maximum absolute atomic E-state index is 10.3. The largest absolute Gasteiger partial charge is 0.389 e. The second-order valence-electron chi connectivity index (χ2n) is 4.86. The maximum atomic E-state index is 10.3. The molecule has 0 radical (unpaired) electrons. The molecule has 0 aliphatic rings. The number of aliphatic hydroxyl groups is 1. The molecule has 0 fully saturated rings. The van der Waals surface area contributed by atoms with Gasteiger partial charge in [-0.2, -0.15) is 0 Å². The van der Waals surface area contributed by atoms with E-state index in [-0.39, 0.29) is 0 Å². The molecule has 0 aliphatic carbocycles. The zero-order chi connectivity index (χ0) is 13.1. The lowest BCUT2D eigenvalue weighted by atomic mass is 9.97.